The fraction of sp³-hybridized carbons (Fsp3) is 0.261. The lowest BCUT2D eigenvalue weighted by Crippen LogP contribution is -2.29. The lowest BCUT2D eigenvalue weighted by Gasteiger charge is -2.30. The van der Waals surface area contributed by atoms with Gasteiger partial charge >= 0.3 is 0 Å². The van der Waals surface area contributed by atoms with E-state index in [4.69, 9.17) is 4.74 Å². The molecule has 0 saturated carbocycles. The van der Waals surface area contributed by atoms with Crippen molar-refractivity contribution in [3.63, 3.8) is 0 Å². The second-order valence-electron chi connectivity index (χ2n) is 8.14. The Labute approximate surface area is 174 Å². The minimum Gasteiger partial charge on any atom is -0.497 e. The van der Waals surface area contributed by atoms with Gasteiger partial charge in [0.1, 0.15) is 17.4 Å². The molecule has 2 N–H and O–H groups in total. The maximum absolute atomic E-state index is 13.3. The van der Waals surface area contributed by atoms with Crippen molar-refractivity contribution < 1.29 is 13.9 Å². The lowest BCUT2D eigenvalue weighted by molar-refractivity contribution is 0.0911. The van der Waals surface area contributed by atoms with Gasteiger partial charge in [0.2, 0.25) is 5.95 Å². The molecular formula is C23H23FN4O2. The molecule has 7 heteroatoms. The van der Waals surface area contributed by atoms with Crippen LogP contribution < -0.4 is 15.4 Å². The van der Waals surface area contributed by atoms with Crippen molar-refractivity contribution >= 4 is 28.9 Å². The summed E-state index contributed by atoms with van der Waals surface area (Å²) in [6, 6.07) is 13.3. The number of carbonyl (C=O) groups is 1. The van der Waals surface area contributed by atoms with E-state index in [0.717, 1.165) is 11.4 Å². The third kappa shape index (κ3) is 4.25. The Morgan fingerprint density at radius 1 is 0.933 bits per heavy atom. The van der Waals surface area contributed by atoms with E-state index in [1.54, 1.807) is 19.2 Å². The Hall–Kier alpha value is -3.48. The zero-order chi connectivity index (χ0) is 21.3. The Morgan fingerprint density at radius 2 is 1.57 bits per heavy atom. The third-order valence-corrected chi connectivity index (χ3v) is 5.00. The number of hydrogen-bond acceptors (Lipinski definition) is 6. The molecule has 1 aliphatic rings. The van der Waals surface area contributed by atoms with Gasteiger partial charge in [-0.15, -0.1) is 0 Å². The number of methoxy groups -OCH3 is 1. The number of benzene rings is 2. The van der Waals surface area contributed by atoms with Crippen molar-refractivity contribution in [2.45, 2.75) is 26.7 Å². The molecular weight excluding hydrogens is 383 g/mol. The number of ether oxygens (including phenoxy) is 1. The SMILES string of the molecule is COc1ccc(Nc2nc3c(c(Nc4ccc(F)cc4)n2)C(=O)CC(C)(C)C3)cc1. The van der Waals surface area contributed by atoms with E-state index in [1.165, 1.54) is 12.1 Å². The minimum atomic E-state index is -0.329. The van der Waals surface area contributed by atoms with Crippen LogP contribution >= 0.6 is 0 Å². The molecule has 3 aromatic rings. The van der Waals surface area contributed by atoms with Crippen molar-refractivity contribution in [1.82, 2.24) is 9.97 Å². The van der Waals surface area contributed by atoms with Gasteiger partial charge in [-0.1, -0.05) is 13.8 Å². The van der Waals surface area contributed by atoms with Crippen LogP contribution in [-0.2, 0) is 6.42 Å². The van der Waals surface area contributed by atoms with Gasteiger partial charge in [0.25, 0.3) is 0 Å². The number of aromatic nitrogens is 2. The number of nitrogens with zero attached hydrogens (tertiary/aromatic N) is 2. The molecule has 0 unspecified atom stereocenters. The number of rotatable bonds is 5. The number of Topliss-reactive ketones (excluding diaryl/α,β-unsaturated/α-hetero) is 1. The molecule has 0 aliphatic heterocycles. The normalized spacial score (nSPS) is 14.7. The summed E-state index contributed by atoms with van der Waals surface area (Å²) in [5.41, 5.74) is 2.46. The Bertz CT molecular complexity index is 1080. The molecule has 0 radical (unpaired) electrons. The summed E-state index contributed by atoms with van der Waals surface area (Å²) in [6.07, 6.45) is 1.08. The molecule has 30 heavy (non-hydrogen) atoms. The van der Waals surface area contributed by atoms with Gasteiger partial charge in [-0.3, -0.25) is 4.79 Å². The molecule has 0 bridgehead atoms. The van der Waals surface area contributed by atoms with Crippen LogP contribution in [0.3, 0.4) is 0 Å². The fourth-order valence-corrected chi connectivity index (χ4v) is 3.59. The highest BCUT2D eigenvalue weighted by Crippen LogP contribution is 2.37. The van der Waals surface area contributed by atoms with Crippen LogP contribution in [-0.4, -0.2) is 22.9 Å². The first-order valence-corrected chi connectivity index (χ1v) is 9.71. The van der Waals surface area contributed by atoms with Crippen molar-refractivity contribution in [3.8, 4) is 5.75 Å². The molecule has 0 fully saturated rings. The summed E-state index contributed by atoms with van der Waals surface area (Å²) < 4.78 is 18.5. The van der Waals surface area contributed by atoms with Crippen LogP contribution in [0.15, 0.2) is 48.5 Å². The summed E-state index contributed by atoms with van der Waals surface area (Å²) in [5.74, 6) is 1.22. The van der Waals surface area contributed by atoms with Crippen molar-refractivity contribution in [1.29, 1.82) is 0 Å². The molecule has 1 aromatic heterocycles. The van der Waals surface area contributed by atoms with E-state index in [2.05, 4.69) is 34.4 Å². The predicted molar refractivity (Wildman–Crippen MR) is 114 cm³/mol. The number of ketones is 1. The van der Waals surface area contributed by atoms with E-state index >= 15 is 0 Å². The van der Waals surface area contributed by atoms with E-state index in [0.29, 0.717) is 41.6 Å². The quantitative estimate of drug-likeness (QED) is 0.601. The first kappa shape index (κ1) is 19.8. The van der Waals surface area contributed by atoms with Gasteiger partial charge < -0.3 is 15.4 Å². The maximum Gasteiger partial charge on any atom is 0.229 e. The lowest BCUT2D eigenvalue weighted by atomic mass is 9.75. The van der Waals surface area contributed by atoms with E-state index in [-0.39, 0.29) is 17.0 Å². The van der Waals surface area contributed by atoms with Gasteiger partial charge in [-0.05, 0) is 60.4 Å². The molecule has 0 amide bonds. The zero-order valence-electron chi connectivity index (χ0n) is 17.1. The van der Waals surface area contributed by atoms with Crippen LogP contribution in [0.25, 0.3) is 0 Å². The van der Waals surface area contributed by atoms with Crippen molar-refractivity contribution in [2.75, 3.05) is 17.7 Å². The minimum absolute atomic E-state index is 0.00172. The average Bonchev–Trinajstić information content (AvgIpc) is 2.69. The number of fused-ring (bicyclic) bond motifs is 1. The Morgan fingerprint density at radius 3 is 2.23 bits per heavy atom. The van der Waals surface area contributed by atoms with Gasteiger partial charge in [0.05, 0.1) is 18.4 Å². The maximum atomic E-state index is 13.3. The summed E-state index contributed by atoms with van der Waals surface area (Å²) in [4.78, 5) is 22.1. The standard InChI is InChI=1S/C23H23FN4O2/c1-23(2)12-18-20(19(29)13-23)21(25-15-6-4-14(24)5-7-15)28-22(27-18)26-16-8-10-17(30-3)11-9-16/h4-11H,12-13H2,1-3H3,(H2,25,26,27,28). The summed E-state index contributed by atoms with van der Waals surface area (Å²) >= 11 is 0. The highest BCUT2D eigenvalue weighted by Gasteiger charge is 2.35. The fourth-order valence-electron chi connectivity index (χ4n) is 3.59. The van der Waals surface area contributed by atoms with Crippen LogP contribution in [0.1, 0.15) is 36.3 Å². The van der Waals surface area contributed by atoms with Crippen LogP contribution in [0, 0.1) is 11.2 Å². The highest BCUT2D eigenvalue weighted by molar-refractivity contribution is 6.03. The summed E-state index contributed by atoms with van der Waals surface area (Å²) in [6.45, 7) is 4.11. The number of nitrogens with one attached hydrogen (secondary N) is 2. The Balaban J connectivity index is 1.73. The van der Waals surface area contributed by atoms with Gasteiger partial charge in [-0.2, -0.15) is 4.98 Å². The molecule has 1 heterocycles. The molecule has 1 aliphatic carbocycles. The van der Waals surface area contributed by atoms with E-state index in [1.807, 2.05) is 24.3 Å². The molecule has 154 valence electrons. The van der Waals surface area contributed by atoms with Gasteiger partial charge in [0.15, 0.2) is 5.78 Å². The third-order valence-electron chi connectivity index (χ3n) is 5.00. The van der Waals surface area contributed by atoms with Crippen molar-refractivity contribution in [2.24, 2.45) is 5.41 Å². The van der Waals surface area contributed by atoms with Gasteiger partial charge in [-0.25, -0.2) is 9.37 Å². The van der Waals surface area contributed by atoms with Crippen molar-refractivity contribution in [3.05, 3.63) is 65.6 Å². The number of hydrogen-bond donors (Lipinski definition) is 2. The topological polar surface area (TPSA) is 76.1 Å². The highest BCUT2D eigenvalue weighted by atomic mass is 19.1. The smallest absolute Gasteiger partial charge is 0.229 e. The largest absolute Gasteiger partial charge is 0.497 e. The second kappa shape index (κ2) is 7.74. The first-order chi connectivity index (χ1) is 14.3. The molecule has 0 spiro atoms. The second-order valence-corrected chi connectivity index (χ2v) is 8.14. The number of anilines is 4. The molecule has 4 rings (SSSR count). The molecule has 0 atom stereocenters. The average molecular weight is 406 g/mol. The van der Waals surface area contributed by atoms with Crippen LogP contribution in [0.2, 0.25) is 0 Å². The molecule has 6 nitrogen and oxygen atoms in total. The Kier molecular flexibility index (Phi) is 5.11. The zero-order valence-corrected chi connectivity index (χ0v) is 17.1. The van der Waals surface area contributed by atoms with E-state index in [9.17, 15) is 9.18 Å². The van der Waals surface area contributed by atoms with Gasteiger partial charge in [0, 0.05) is 17.8 Å². The number of carbonyl (C=O) groups excluding carboxylic acids is 1. The van der Waals surface area contributed by atoms with E-state index < -0.39 is 0 Å². The summed E-state index contributed by atoms with van der Waals surface area (Å²) in [7, 11) is 1.61. The van der Waals surface area contributed by atoms with Crippen LogP contribution in [0.4, 0.5) is 27.5 Å². The monoisotopic (exact) mass is 406 g/mol. The molecule has 2 aromatic carbocycles. The first-order valence-electron chi connectivity index (χ1n) is 9.71. The van der Waals surface area contributed by atoms with Crippen LogP contribution in [0.5, 0.6) is 5.75 Å². The number of halogens is 1. The summed E-state index contributed by atoms with van der Waals surface area (Å²) in [5, 5.41) is 6.36. The molecule has 0 saturated heterocycles. The predicted octanol–water partition coefficient (Wildman–Crippen LogP) is 5.27.